The largest absolute Gasteiger partial charge is 0.310 e. The van der Waals surface area contributed by atoms with Crippen molar-refractivity contribution in [1.29, 1.82) is 0 Å². The number of nitrogens with zero attached hydrogens (tertiary/aromatic N) is 1. The van der Waals surface area contributed by atoms with Crippen LogP contribution in [0.1, 0.15) is 32.1 Å². The van der Waals surface area contributed by atoms with Gasteiger partial charge in [0.25, 0.3) is 0 Å². The molecule has 18 heavy (non-hydrogen) atoms. The highest BCUT2D eigenvalue weighted by Crippen LogP contribution is 2.24. The van der Waals surface area contributed by atoms with Crippen molar-refractivity contribution in [3.63, 3.8) is 0 Å². The van der Waals surface area contributed by atoms with Gasteiger partial charge in [0.05, 0.1) is 0 Å². The first-order valence-electron chi connectivity index (χ1n) is 5.58. The van der Waals surface area contributed by atoms with Gasteiger partial charge in [-0.1, -0.05) is 25.3 Å². The topological polar surface area (TPSA) is 42.0 Å². The predicted octanol–water partition coefficient (Wildman–Crippen LogP) is 3.87. The van der Waals surface area contributed by atoms with Crippen LogP contribution < -0.4 is 5.32 Å². The Bertz CT molecular complexity index is 329. The average molecular weight is 314 g/mol. The second kappa shape index (κ2) is 10.4. The molecule has 0 aromatic carbocycles. The number of halogens is 3. The molecule has 1 fully saturated rings. The van der Waals surface area contributed by atoms with E-state index in [9.17, 15) is 4.79 Å². The van der Waals surface area contributed by atoms with E-state index in [1.54, 1.807) is 6.20 Å². The van der Waals surface area contributed by atoms with Gasteiger partial charge in [0, 0.05) is 12.1 Å². The molecule has 1 aliphatic rings. The number of pyridine rings is 1. The van der Waals surface area contributed by atoms with Gasteiger partial charge in [-0.15, -0.1) is 37.2 Å². The lowest BCUT2D eigenvalue weighted by atomic mass is 9.89. The summed E-state index contributed by atoms with van der Waals surface area (Å²) in [4.78, 5) is 15.9. The van der Waals surface area contributed by atoms with Crippen LogP contribution in [-0.4, -0.2) is 10.9 Å². The summed E-state index contributed by atoms with van der Waals surface area (Å²) < 4.78 is 0. The van der Waals surface area contributed by atoms with E-state index < -0.39 is 0 Å². The number of carbonyl (C=O) groups excluding carboxylic acids is 1. The Balaban J connectivity index is 0. The zero-order valence-electron chi connectivity index (χ0n) is 10.0. The summed E-state index contributed by atoms with van der Waals surface area (Å²) in [6, 6.07) is 5.54. The molecule has 1 aromatic rings. The van der Waals surface area contributed by atoms with Gasteiger partial charge in [-0.05, 0) is 25.0 Å². The van der Waals surface area contributed by atoms with Crippen LogP contribution in [-0.2, 0) is 4.79 Å². The number of amides is 1. The van der Waals surface area contributed by atoms with Crippen molar-refractivity contribution in [2.45, 2.75) is 32.1 Å². The first-order chi connectivity index (χ1) is 7.36. The predicted molar refractivity (Wildman–Crippen MR) is 81.2 cm³/mol. The Morgan fingerprint density at radius 3 is 2.33 bits per heavy atom. The molecule has 1 amide bonds. The molecule has 0 spiro atoms. The van der Waals surface area contributed by atoms with Crippen molar-refractivity contribution in [1.82, 2.24) is 4.98 Å². The van der Waals surface area contributed by atoms with Gasteiger partial charge in [-0.25, -0.2) is 4.98 Å². The Labute approximate surface area is 126 Å². The first kappa shape index (κ1) is 19.8. The maximum atomic E-state index is 11.8. The van der Waals surface area contributed by atoms with Gasteiger partial charge >= 0.3 is 0 Å². The van der Waals surface area contributed by atoms with Crippen molar-refractivity contribution >= 4 is 48.9 Å². The van der Waals surface area contributed by atoms with Crippen molar-refractivity contribution < 1.29 is 4.79 Å². The van der Waals surface area contributed by atoms with Gasteiger partial charge < -0.3 is 5.32 Å². The van der Waals surface area contributed by atoms with Crippen molar-refractivity contribution in [3.05, 3.63) is 24.4 Å². The lowest BCUT2D eigenvalue weighted by Gasteiger charge is -2.20. The standard InChI is InChI=1S/C12H16N2O.3ClH/c15-12(10-6-2-1-3-7-10)14-11-8-4-5-9-13-11;;;/h4-5,8-10H,1-3,6-7H2,(H,13,14,15);3*1H. The molecule has 0 bridgehead atoms. The van der Waals surface area contributed by atoms with E-state index in [1.807, 2.05) is 18.2 Å². The highest BCUT2D eigenvalue weighted by molar-refractivity contribution is 5.91. The minimum Gasteiger partial charge on any atom is -0.310 e. The number of aromatic nitrogens is 1. The quantitative estimate of drug-likeness (QED) is 0.900. The van der Waals surface area contributed by atoms with Gasteiger partial charge in [-0.3, -0.25) is 4.79 Å². The molecule has 1 N–H and O–H groups in total. The molecule has 6 heteroatoms. The van der Waals surface area contributed by atoms with Crippen LogP contribution in [0.15, 0.2) is 24.4 Å². The number of rotatable bonds is 2. The Kier molecular flexibility index (Phi) is 11.5. The molecule has 2 rings (SSSR count). The second-order valence-corrected chi connectivity index (χ2v) is 4.04. The highest BCUT2D eigenvalue weighted by atomic mass is 35.5. The molecule has 0 unspecified atom stereocenters. The molecule has 0 radical (unpaired) electrons. The highest BCUT2D eigenvalue weighted by Gasteiger charge is 2.20. The summed E-state index contributed by atoms with van der Waals surface area (Å²) in [6.07, 6.45) is 7.38. The molecule has 1 aliphatic carbocycles. The molecule has 1 saturated carbocycles. The number of hydrogen-bond acceptors (Lipinski definition) is 2. The average Bonchev–Trinajstić information content (AvgIpc) is 2.31. The van der Waals surface area contributed by atoms with E-state index in [0.717, 1.165) is 12.8 Å². The lowest BCUT2D eigenvalue weighted by Crippen LogP contribution is -2.25. The summed E-state index contributed by atoms with van der Waals surface area (Å²) in [5.41, 5.74) is 0. The van der Waals surface area contributed by atoms with Crippen LogP contribution in [0.4, 0.5) is 5.82 Å². The number of nitrogens with one attached hydrogen (secondary N) is 1. The first-order valence-corrected chi connectivity index (χ1v) is 5.58. The fourth-order valence-corrected chi connectivity index (χ4v) is 2.03. The summed E-state index contributed by atoms with van der Waals surface area (Å²) >= 11 is 0. The van der Waals surface area contributed by atoms with E-state index in [0.29, 0.717) is 5.82 Å². The Hall–Kier alpha value is -0.510. The molecule has 3 nitrogen and oxygen atoms in total. The molecule has 1 aromatic heterocycles. The number of anilines is 1. The number of carbonyl (C=O) groups is 1. The van der Waals surface area contributed by atoms with Crippen LogP contribution in [0.2, 0.25) is 0 Å². The maximum absolute atomic E-state index is 11.8. The van der Waals surface area contributed by atoms with Gasteiger partial charge in [-0.2, -0.15) is 0 Å². The molecule has 0 atom stereocenters. The van der Waals surface area contributed by atoms with Gasteiger partial charge in [0.15, 0.2) is 0 Å². The van der Waals surface area contributed by atoms with E-state index in [4.69, 9.17) is 0 Å². The van der Waals surface area contributed by atoms with Crippen LogP contribution in [0, 0.1) is 5.92 Å². The minimum atomic E-state index is 0. The van der Waals surface area contributed by atoms with Gasteiger partial charge in [0.1, 0.15) is 5.82 Å². The lowest BCUT2D eigenvalue weighted by molar-refractivity contribution is -0.120. The van der Waals surface area contributed by atoms with Crippen molar-refractivity contribution in [2.24, 2.45) is 5.92 Å². The van der Waals surface area contributed by atoms with E-state index >= 15 is 0 Å². The van der Waals surface area contributed by atoms with E-state index in [2.05, 4.69) is 10.3 Å². The molecule has 0 saturated heterocycles. The zero-order chi connectivity index (χ0) is 10.5. The number of hydrogen-bond donors (Lipinski definition) is 1. The van der Waals surface area contributed by atoms with Crippen molar-refractivity contribution in [2.75, 3.05) is 5.32 Å². The monoisotopic (exact) mass is 312 g/mol. The third-order valence-electron chi connectivity index (χ3n) is 2.89. The summed E-state index contributed by atoms with van der Waals surface area (Å²) in [5, 5.41) is 2.86. The Morgan fingerprint density at radius 2 is 1.78 bits per heavy atom. The SMILES string of the molecule is Cl.Cl.Cl.O=C(Nc1ccccn1)C1CCCCC1. The molecule has 1 heterocycles. The third-order valence-corrected chi connectivity index (χ3v) is 2.89. The Morgan fingerprint density at radius 1 is 1.11 bits per heavy atom. The smallest absolute Gasteiger partial charge is 0.228 e. The molecule has 104 valence electrons. The molecular weight excluding hydrogens is 295 g/mol. The normalized spacial score (nSPS) is 14.4. The fourth-order valence-electron chi connectivity index (χ4n) is 2.03. The molecule has 0 aliphatic heterocycles. The van der Waals surface area contributed by atoms with Crippen LogP contribution in [0.3, 0.4) is 0 Å². The van der Waals surface area contributed by atoms with E-state index in [1.165, 1.54) is 19.3 Å². The zero-order valence-corrected chi connectivity index (χ0v) is 12.5. The van der Waals surface area contributed by atoms with Crippen LogP contribution >= 0.6 is 37.2 Å². The second-order valence-electron chi connectivity index (χ2n) is 4.04. The maximum Gasteiger partial charge on any atom is 0.228 e. The summed E-state index contributed by atoms with van der Waals surface area (Å²) in [7, 11) is 0. The summed E-state index contributed by atoms with van der Waals surface area (Å²) in [6.45, 7) is 0. The third kappa shape index (κ3) is 5.89. The van der Waals surface area contributed by atoms with Gasteiger partial charge in [0.2, 0.25) is 5.91 Å². The van der Waals surface area contributed by atoms with Crippen molar-refractivity contribution in [3.8, 4) is 0 Å². The fraction of sp³-hybridized carbons (Fsp3) is 0.500. The van der Waals surface area contributed by atoms with Crippen LogP contribution in [0.25, 0.3) is 0 Å². The van der Waals surface area contributed by atoms with Crippen LogP contribution in [0.5, 0.6) is 0 Å². The minimum absolute atomic E-state index is 0. The van der Waals surface area contributed by atoms with E-state index in [-0.39, 0.29) is 49.0 Å². The summed E-state index contributed by atoms with van der Waals surface area (Å²) in [5.74, 6) is 0.988. The molecular formula is C12H19Cl3N2O.